The van der Waals surface area contributed by atoms with Gasteiger partial charge in [-0.2, -0.15) is 0 Å². The Morgan fingerprint density at radius 1 is 1.29 bits per heavy atom. The third-order valence-corrected chi connectivity index (χ3v) is 3.58. The van der Waals surface area contributed by atoms with Gasteiger partial charge < -0.3 is 10.4 Å². The number of aliphatic hydroxyl groups is 1. The molecule has 0 saturated carbocycles. The summed E-state index contributed by atoms with van der Waals surface area (Å²) in [6, 6.07) is 6.58. The fourth-order valence-corrected chi connectivity index (χ4v) is 2.68. The molecule has 0 heterocycles. The molecule has 0 atom stereocenters. The molecule has 17 heavy (non-hydrogen) atoms. The van der Waals surface area contributed by atoms with Crippen molar-refractivity contribution in [3.8, 4) is 0 Å². The highest BCUT2D eigenvalue weighted by atomic mass is 16.2. The van der Waals surface area contributed by atoms with E-state index in [4.69, 9.17) is 5.11 Å². The second-order valence-electron chi connectivity index (χ2n) is 5.63. The molecule has 0 amide bonds. The zero-order valence-corrected chi connectivity index (χ0v) is 10.9. The number of fused-ring (bicyclic) bond motifs is 1. The van der Waals surface area contributed by atoms with Crippen molar-refractivity contribution in [2.24, 2.45) is 0 Å². The molecular weight excluding hydrogens is 210 g/mol. The Morgan fingerprint density at radius 2 is 2.12 bits per heavy atom. The Bertz CT molecular complexity index is 385. The largest absolute Gasteiger partial charge is 0.396 e. The maximum Gasteiger partial charge on any atom is 0.0431 e. The topological polar surface area (TPSA) is 32.3 Å². The standard InChI is InChI=1S/C15H23NO/c1-15(2,10-5-11-17)16-14-9-4-7-12-6-3-8-13(12)14/h4,7,9,16-17H,3,5-6,8,10-11H2,1-2H3. The molecule has 2 N–H and O–H groups in total. The van der Waals surface area contributed by atoms with Gasteiger partial charge in [-0.15, -0.1) is 0 Å². The van der Waals surface area contributed by atoms with Crippen LogP contribution < -0.4 is 5.32 Å². The zero-order valence-electron chi connectivity index (χ0n) is 10.9. The van der Waals surface area contributed by atoms with Crippen LogP contribution in [-0.4, -0.2) is 17.3 Å². The van der Waals surface area contributed by atoms with E-state index in [9.17, 15) is 0 Å². The molecule has 0 radical (unpaired) electrons. The SMILES string of the molecule is CC(C)(CCCO)Nc1cccc2c1CCC2. The Morgan fingerprint density at radius 3 is 2.88 bits per heavy atom. The third-order valence-electron chi connectivity index (χ3n) is 3.58. The third kappa shape index (κ3) is 3.01. The summed E-state index contributed by atoms with van der Waals surface area (Å²) < 4.78 is 0. The quantitative estimate of drug-likeness (QED) is 0.819. The van der Waals surface area contributed by atoms with Gasteiger partial charge in [0.15, 0.2) is 0 Å². The van der Waals surface area contributed by atoms with Crippen LogP contribution >= 0.6 is 0 Å². The van der Waals surface area contributed by atoms with Crippen molar-refractivity contribution < 1.29 is 5.11 Å². The van der Waals surface area contributed by atoms with Crippen LogP contribution in [0.3, 0.4) is 0 Å². The first-order chi connectivity index (χ1) is 8.12. The van der Waals surface area contributed by atoms with Crippen molar-refractivity contribution in [2.45, 2.75) is 51.5 Å². The van der Waals surface area contributed by atoms with Crippen LogP contribution in [0.5, 0.6) is 0 Å². The minimum atomic E-state index is 0.0560. The monoisotopic (exact) mass is 233 g/mol. The van der Waals surface area contributed by atoms with E-state index in [-0.39, 0.29) is 12.1 Å². The summed E-state index contributed by atoms with van der Waals surface area (Å²) in [6.45, 7) is 4.69. The van der Waals surface area contributed by atoms with E-state index in [1.807, 2.05) is 0 Å². The van der Waals surface area contributed by atoms with Crippen LogP contribution in [0.1, 0.15) is 44.2 Å². The first-order valence-electron chi connectivity index (χ1n) is 6.62. The number of anilines is 1. The molecule has 2 nitrogen and oxygen atoms in total. The molecule has 2 rings (SSSR count). The van der Waals surface area contributed by atoms with Gasteiger partial charge in [0.25, 0.3) is 0 Å². The Balaban J connectivity index is 2.11. The molecule has 94 valence electrons. The lowest BCUT2D eigenvalue weighted by molar-refractivity contribution is 0.272. The molecule has 2 heteroatoms. The van der Waals surface area contributed by atoms with Crippen molar-refractivity contribution in [3.63, 3.8) is 0 Å². The first-order valence-corrected chi connectivity index (χ1v) is 6.62. The smallest absolute Gasteiger partial charge is 0.0431 e. The molecule has 0 aromatic heterocycles. The molecule has 0 aliphatic heterocycles. The van der Waals surface area contributed by atoms with Crippen LogP contribution in [0.15, 0.2) is 18.2 Å². The van der Waals surface area contributed by atoms with Gasteiger partial charge in [-0.1, -0.05) is 12.1 Å². The van der Waals surface area contributed by atoms with Gasteiger partial charge in [-0.25, -0.2) is 0 Å². The van der Waals surface area contributed by atoms with E-state index < -0.39 is 0 Å². The number of benzene rings is 1. The average molecular weight is 233 g/mol. The second-order valence-corrected chi connectivity index (χ2v) is 5.63. The van der Waals surface area contributed by atoms with E-state index in [0.29, 0.717) is 0 Å². The Hall–Kier alpha value is -1.02. The molecule has 0 fully saturated rings. The van der Waals surface area contributed by atoms with E-state index >= 15 is 0 Å². The van der Waals surface area contributed by atoms with Crippen LogP contribution in [0.2, 0.25) is 0 Å². The second kappa shape index (κ2) is 5.09. The van der Waals surface area contributed by atoms with Gasteiger partial charge in [0.05, 0.1) is 0 Å². The van der Waals surface area contributed by atoms with Crippen molar-refractivity contribution in [2.75, 3.05) is 11.9 Å². The Kier molecular flexibility index (Phi) is 3.72. The van der Waals surface area contributed by atoms with Crippen molar-refractivity contribution in [3.05, 3.63) is 29.3 Å². The molecule has 0 spiro atoms. The molecule has 0 saturated heterocycles. The van der Waals surface area contributed by atoms with Crippen LogP contribution in [-0.2, 0) is 12.8 Å². The normalized spacial score (nSPS) is 14.8. The fraction of sp³-hybridized carbons (Fsp3) is 0.600. The molecular formula is C15H23NO. The zero-order chi connectivity index (χ0) is 12.3. The van der Waals surface area contributed by atoms with E-state index in [0.717, 1.165) is 12.8 Å². The van der Waals surface area contributed by atoms with Crippen LogP contribution in [0.25, 0.3) is 0 Å². The Labute approximate surface area is 104 Å². The van der Waals surface area contributed by atoms with E-state index in [1.165, 1.54) is 36.1 Å². The fourth-order valence-electron chi connectivity index (χ4n) is 2.68. The van der Waals surface area contributed by atoms with Crippen molar-refractivity contribution in [1.82, 2.24) is 0 Å². The number of aryl methyl sites for hydroxylation is 1. The minimum Gasteiger partial charge on any atom is -0.396 e. The predicted octanol–water partition coefficient (Wildman–Crippen LogP) is 3.14. The van der Waals surface area contributed by atoms with Gasteiger partial charge in [-0.3, -0.25) is 0 Å². The summed E-state index contributed by atoms with van der Waals surface area (Å²) in [4.78, 5) is 0. The highest BCUT2D eigenvalue weighted by Crippen LogP contribution is 2.31. The summed E-state index contributed by atoms with van der Waals surface area (Å²) >= 11 is 0. The summed E-state index contributed by atoms with van der Waals surface area (Å²) in [5.74, 6) is 0. The highest BCUT2D eigenvalue weighted by Gasteiger charge is 2.20. The lowest BCUT2D eigenvalue weighted by Crippen LogP contribution is -2.31. The maximum absolute atomic E-state index is 8.92. The minimum absolute atomic E-state index is 0.0560. The molecule has 0 bridgehead atoms. The van der Waals surface area contributed by atoms with Gasteiger partial charge in [0, 0.05) is 17.8 Å². The number of hydrogen-bond donors (Lipinski definition) is 2. The van der Waals surface area contributed by atoms with Crippen LogP contribution in [0.4, 0.5) is 5.69 Å². The summed E-state index contributed by atoms with van der Waals surface area (Å²) in [7, 11) is 0. The van der Waals surface area contributed by atoms with Gasteiger partial charge >= 0.3 is 0 Å². The highest BCUT2D eigenvalue weighted by molar-refractivity contribution is 5.57. The summed E-state index contributed by atoms with van der Waals surface area (Å²) in [5.41, 5.74) is 4.36. The number of nitrogens with one attached hydrogen (secondary N) is 1. The molecule has 1 aliphatic rings. The summed E-state index contributed by atoms with van der Waals surface area (Å²) in [5, 5.41) is 12.6. The number of rotatable bonds is 5. The predicted molar refractivity (Wildman–Crippen MR) is 72.5 cm³/mol. The van der Waals surface area contributed by atoms with Gasteiger partial charge in [0.2, 0.25) is 0 Å². The van der Waals surface area contributed by atoms with E-state index in [2.05, 4.69) is 37.4 Å². The molecule has 1 aromatic carbocycles. The van der Waals surface area contributed by atoms with Gasteiger partial charge in [0.1, 0.15) is 0 Å². The average Bonchev–Trinajstić information content (AvgIpc) is 2.75. The lowest BCUT2D eigenvalue weighted by atomic mass is 9.97. The maximum atomic E-state index is 8.92. The van der Waals surface area contributed by atoms with Crippen LogP contribution in [0, 0.1) is 0 Å². The number of aliphatic hydroxyl groups excluding tert-OH is 1. The lowest BCUT2D eigenvalue weighted by Gasteiger charge is -2.28. The van der Waals surface area contributed by atoms with E-state index in [1.54, 1.807) is 0 Å². The number of hydrogen-bond acceptors (Lipinski definition) is 2. The first kappa shape index (κ1) is 12.4. The summed E-state index contributed by atoms with van der Waals surface area (Å²) in [6.07, 6.45) is 5.56. The molecule has 1 aromatic rings. The van der Waals surface area contributed by atoms with Crippen molar-refractivity contribution in [1.29, 1.82) is 0 Å². The van der Waals surface area contributed by atoms with Gasteiger partial charge in [-0.05, 0) is 63.1 Å². The molecule has 1 aliphatic carbocycles. The van der Waals surface area contributed by atoms with Crippen molar-refractivity contribution >= 4 is 5.69 Å². The molecule has 0 unspecified atom stereocenters.